The highest BCUT2D eigenvalue weighted by molar-refractivity contribution is 7.98. The van der Waals surface area contributed by atoms with E-state index in [1.165, 1.54) is 44.3 Å². The molecular weight excluding hydrogens is 479 g/mol. The Morgan fingerprint density at radius 2 is 1.65 bits per heavy atom. The zero-order valence-corrected chi connectivity index (χ0v) is 20.4. The first-order valence-electron chi connectivity index (χ1n) is 10.2. The third-order valence-electron chi connectivity index (χ3n) is 5.02. The Labute approximate surface area is 197 Å². The van der Waals surface area contributed by atoms with Crippen LogP contribution in [0.3, 0.4) is 0 Å². The van der Waals surface area contributed by atoms with Crippen molar-refractivity contribution >= 4 is 34.8 Å². The Bertz CT molecular complexity index is 1350. The van der Waals surface area contributed by atoms with Gasteiger partial charge < -0.3 is 20.8 Å². The zero-order chi connectivity index (χ0) is 25.3. The second-order valence-electron chi connectivity index (χ2n) is 8.10. The van der Waals surface area contributed by atoms with Crippen molar-refractivity contribution in [2.24, 2.45) is 5.92 Å². The lowest BCUT2D eigenvalue weighted by molar-refractivity contribution is 0.102. The van der Waals surface area contributed by atoms with Gasteiger partial charge >= 0.3 is 7.60 Å². The summed E-state index contributed by atoms with van der Waals surface area (Å²) >= 11 is 0. The maximum atomic E-state index is 12.8. The average Bonchev–Trinajstić information content (AvgIpc) is 2.73. The van der Waals surface area contributed by atoms with Gasteiger partial charge in [0.15, 0.2) is 26.3 Å². The number of nitrogens with one attached hydrogen (secondary N) is 1. The SMILES string of the molecule is Cc1ccc(-c2cnc(N)c(C(=O)Nc3ccc(S(=O)(=O)C(C(C)C)P(=O)(O)O)cc3)n2)cc1. The maximum absolute atomic E-state index is 12.8. The summed E-state index contributed by atoms with van der Waals surface area (Å²) < 4.78 is 37.4. The number of aromatic nitrogens is 2. The minimum absolute atomic E-state index is 0.0750. The first-order chi connectivity index (χ1) is 15.8. The van der Waals surface area contributed by atoms with Crippen molar-refractivity contribution in [3.63, 3.8) is 0 Å². The van der Waals surface area contributed by atoms with E-state index in [0.717, 1.165) is 11.1 Å². The smallest absolute Gasteiger partial charge is 0.344 e. The van der Waals surface area contributed by atoms with Gasteiger partial charge in [0, 0.05) is 11.3 Å². The predicted octanol–water partition coefficient (Wildman–Crippen LogP) is 3.22. The van der Waals surface area contributed by atoms with Crippen molar-refractivity contribution in [2.75, 3.05) is 11.1 Å². The quantitative estimate of drug-likeness (QED) is 0.352. The molecule has 0 bridgehead atoms. The van der Waals surface area contributed by atoms with Gasteiger partial charge in [-0.1, -0.05) is 43.7 Å². The van der Waals surface area contributed by atoms with Gasteiger partial charge in [-0.25, -0.2) is 18.4 Å². The third kappa shape index (κ3) is 5.51. The molecule has 1 heterocycles. The number of anilines is 2. The fourth-order valence-electron chi connectivity index (χ4n) is 3.41. The van der Waals surface area contributed by atoms with Crippen LogP contribution >= 0.6 is 7.60 Å². The second kappa shape index (κ2) is 9.63. The number of aryl methyl sites for hydroxylation is 1. The van der Waals surface area contributed by atoms with E-state index in [-0.39, 0.29) is 22.1 Å². The minimum Gasteiger partial charge on any atom is -0.382 e. The molecule has 10 nitrogen and oxygen atoms in total. The van der Waals surface area contributed by atoms with Crippen LogP contribution in [0.2, 0.25) is 0 Å². The van der Waals surface area contributed by atoms with Gasteiger partial charge in [-0.15, -0.1) is 0 Å². The van der Waals surface area contributed by atoms with Gasteiger partial charge in [0.25, 0.3) is 5.91 Å². The Morgan fingerprint density at radius 1 is 1.06 bits per heavy atom. The van der Waals surface area contributed by atoms with E-state index in [4.69, 9.17) is 5.73 Å². The Morgan fingerprint density at radius 3 is 2.18 bits per heavy atom. The molecule has 1 amide bonds. The number of rotatable bonds is 7. The first-order valence-corrected chi connectivity index (χ1v) is 13.4. The lowest BCUT2D eigenvalue weighted by Gasteiger charge is -2.22. The van der Waals surface area contributed by atoms with Gasteiger partial charge in [0.1, 0.15) is 0 Å². The molecule has 2 aromatic carbocycles. The van der Waals surface area contributed by atoms with Crippen LogP contribution in [0.1, 0.15) is 29.9 Å². The van der Waals surface area contributed by atoms with E-state index >= 15 is 0 Å². The van der Waals surface area contributed by atoms with Gasteiger partial charge in [0.05, 0.1) is 16.8 Å². The van der Waals surface area contributed by atoms with Crippen LogP contribution in [0.4, 0.5) is 11.5 Å². The van der Waals surface area contributed by atoms with E-state index in [2.05, 4.69) is 15.3 Å². The van der Waals surface area contributed by atoms with E-state index < -0.39 is 34.2 Å². The molecule has 0 aliphatic carbocycles. The van der Waals surface area contributed by atoms with Crippen LogP contribution in [-0.2, 0) is 14.4 Å². The lowest BCUT2D eigenvalue weighted by atomic mass is 10.1. The summed E-state index contributed by atoms with van der Waals surface area (Å²) in [6.07, 6.45) is 1.46. The average molecular weight is 505 g/mol. The summed E-state index contributed by atoms with van der Waals surface area (Å²) in [6.45, 7) is 4.79. The molecule has 12 heteroatoms. The molecule has 0 aliphatic heterocycles. The number of hydrogen-bond donors (Lipinski definition) is 4. The molecule has 0 saturated carbocycles. The van der Waals surface area contributed by atoms with Crippen LogP contribution in [0.25, 0.3) is 11.3 Å². The van der Waals surface area contributed by atoms with Crippen LogP contribution in [0.15, 0.2) is 59.6 Å². The highest BCUT2D eigenvalue weighted by atomic mass is 32.2. The van der Waals surface area contributed by atoms with Crippen molar-refractivity contribution in [3.8, 4) is 11.3 Å². The third-order valence-corrected chi connectivity index (χ3v) is 10.0. The number of carbonyl (C=O) groups excluding carboxylic acids is 1. The summed E-state index contributed by atoms with van der Waals surface area (Å²) in [5.74, 6) is -1.54. The maximum Gasteiger partial charge on any atom is 0.344 e. The van der Waals surface area contributed by atoms with E-state index in [1.54, 1.807) is 0 Å². The highest BCUT2D eigenvalue weighted by Crippen LogP contribution is 2.49. The number of nitrogens with two attached hydrogens (primary N) is 1. The molecule has 1 atom stereocenters. The molecule has 0 aliphatic rings. The van der Waals surface area contributed by atoms with E-state index in [9.17, 15) is 27.6 Å². The van der Waals surface area contributed by atoms with Crippen LogP contribution < -0.4 is 11.1 Å². The summed E-state index contributed by atoms with van der Waals surface area (Å²) in [6, 6.07) is 12.5. The fraction of sp³-hybridized carbons (Fsp3) is 0.227. The summed E-state index contributed by atoms with van der Waals surface area (Å²) in [5, 5.41) is 2.58. The molecule has 0 fully saturated rings. The Balaban J connectivity index is 1.85. The zero-order valence-electron chi connectivity index (χ0n) is 18.7. The van der Waals surface area contributed by atoms with Crippen molar-refractivity contribution < 1.29 is 27.6 Å². The number of hydrogen-bond acceptors (Lipinski definition) is 7. The molecule has 3 rings (SSSR count). The fourth-order valence-corrected chi connectivity index (χ4v) is 7.51. The topological polar surface area (TPSA) is 173 Å². The molecule has 3 aromatic rings. The normalized spacial score (nSPS) is 13.0. The van der Waals surface area contributed by atoms with E-state index in [1.807, 2.05) is 31.2 Å². The van der Waals surface area contributed by atoms with Gasteiger partial charge in [-0.2, -0.15) is 0 Å². The van der Waals surface area contributed by atoms with Crippen LogP contribution in [0.5, 0.6) is 0 Å². The Kier molecular flexibility index (Phi) is 7.23. The summed E-state index contributed by atoms with van der Waals surface area (Å²) in [5.41, 5.74) is 8.26. The lowest BCUT2D eigenvalue weighted by Crippen LogP contribution is -2.27. The summed E-state index contributed by atoms with van der Waals surface area (Å²) in [7, 11) is -9.24. The number of nitrogen functional groups attached to an aromatic ring is 1. The predicted molar refractivity (Wildman–Crippen MR) is 129 cm³/mol. The monoisotopic (exact) mass is 504 g/mol. The first kappa shape index (κ1) is 25.5. The number of amides is 1. The molecule has 34 heavy (non-hydrogen) atoms. The Hall–Kier alpha value is -3.11. The largest absolute Gasteiger partial charge is 0.382 e. The van der Waals surface area contributed by atoms with E-state index in [0.29, 0.717) is 5.69 Å². The number of benzene rings is 2. The van der Waals surface area contributed by atoms with Gasteiger partial charge in [-0.3, -0.25) is 9.36 Å². The van der Waals surface area contributed by atoms with Crippen molar-refractivity contribution in [3.05, 3.63) is 66.0 Å². The van der Waals surface area contributed by atoms with Gasteiger partial charge in [-0.05, 0) is 37.1 Å². The number of sulfone groups is 1. The van der Waals surface area contributed by atoms with Crippen LogP contribution in [0, 0.1) is 12.8 Å². The molecule has 0 radical (unpaired) electrons. The molecular formula is C22H25N4O6PS. The van der Waals surface area contributed by atoms with Crippen LogP contribution in [-0.4, -0.2) is 39.1 Å². The molecule has 0 saturated heterocycles. The number of carbonyl (C=O) groups is 1. The molecule has 180 valence electrons. The highest BCUT2D eigenvalue weighted by Gasteiger charge is 2.43. The molecule has 0 spiro atoms. The molecule has 1 aromatic heterocycles. The number of nitrogens with zero attached hydrogens (tertiary/aromatic N) is 2. The van der Waals surface area contributed by atoms with Crippen molar-refractivity contribution in [2.45, 2.75) is 30.7 Å². The second-order valence-corrected chi connectivity index (χ2v) is 12.3. The van der Waals surface area contributed by atoms with Crippen molar-refractivity contribution in [1.82, 2.24) is 9.97 Å². The van der Waals surface area contributed by atoms with Gasteiger partial charge in [0.2, 0.25) is 0 Å². The molecule has 5 N–H and O–H groups in total. The van der Waals surface area contributed by atoms with Crippen molar-refractivity contribution in [1.29, 1.82) is 0 Å². The summed E-state index contributed by atoms with van der Waals surface area (Å²) in [4.78, 5) is 38.1. The minimum atomic E-state index is -4.92. The standard InChI is InChI=1S/C22H25N4O6PS/c1-13(2)22(33(28,29)30)34(31,32)17-10-8-16(9-11-17)25-21(27)19-20(23)24-12-18(26-19)15-6-4-14(3)5-7-15/h4-13,22H,1-3H3,(H2,23,24)(H,25,27)(H2,28,29,30). The molecule has 1 unspecified atom stereocenters.